The number of halogens is 1. The number of non-ortho nitro benzene ring substituents is 1. The van der Waals surface area contributed by atoms with Crippen molar-refractivity contribution < 1.29 is 14.5 Å². The van der Waals surface area contributed by atoms with Crippen molar-refractivity contribution in [3.8, 4) is 0 Å². The van der Waals surface area contributed by atoms with E-state index in [1.807, 2.05) is 0 Å². The van der Waals surface area contributed by atoms with Crippen LogP contribution in [0.15, 0.2) is 18.2 Å². The fraction of sp³-hybridized carbons (Fsp3) is 0.529. The molecule has 0 saturated carbocycles. The molecule has 1 aromatic carbocycles. The summed E-state index contributed by atoms with van der Waals surface area (Å²) in [4.78, 5) is 36.8. The molecule has 1 aliphatic rings. The van der Waals surface area contributed by atoms with E-state index in [1.54, 1.807) is 17.9 Å². The molecule has 1 fully saturated rings. The van der Waals surface area contributed by atoms with Crippen molar-refractivity contribution in [2.45, 2.75) is 38.6 Å². The Morgan fingerprint density at radius 2 is 2.12 bits per heavy atom. The SMILES string of the molecule is Cc1ccc([N+](=O)[O-])cc1C(=O)N1CCCCC1CNC(=O)CCN.Cl. The third-order valence-corrected chi connectivity index (χ3v) is 4.46. The van der Waals surface area contributed by atoms with Gasteiger partial charge in [-0.25, -0.2) is 0 Å². The van der Waals surface area contributed by atoms with E-state index in [0.29, 0.717) is 24.2 Å². The standard InChI is InChI=1S/C17H24N4O4.ClH/c1-12-5-6-13(21(24)25)10-15(12)17(23)20-9-3-2-4-14(20)11-19-16(22)7-8-18;/h5-6,10,14H,2-4,7-9,11,18H2,1H3,(H,19,22);1H. The summed E-state index contributed by atoms with van der Waals surface area (Å²) in [6.45, 7) is 3.00. The summed E-state index contributed by atoms with van der Waals surface area (Å²) in [7, 11) is 0. The van der Waals surface area contributed by atoms with Crippen LogP contribution in [0.2, 0.25) is 0 Å². The predicted octanol–water partition coefficient (Wildman–Crippen LogP) is 1.78. The number of aryl methyl sites for hydroxylation is 1. The number of nitro groups is 1. The summed E-state index contributed by atoms with van der Waals surface area (Å²) >= 11 is 0. The second kappa shape index (κ2) is 10.1. The number of carbonyl (C=O) groups is 2. The lowest BCUT2D eigenvalue weighted by Gasteiger charge is -2.36. The highest BCUT2D eigenvalue weighted by Gasteiger charge is 2.29. The second-order valence-corrected chi connectivity index (χ2v) is 6.25. The monoisotopic (exact) mass is 384 g/mol. The number of benzene rings is 1. The minimum Gasteiger partial charge on any atom is -0.354 e. The van der Waals surface area contributed by atoms with Gasteiger partial charge in [0.15, 0.2) is 0 Å². The van der Waals surface area contributed by atoms with E-state index >= 15 is 0 Å². The maximum Gasteiger partial charge on any atom is 0.270 e. The molecule has 2 rings (SSSR count). The Kier molecular flexibility index (Phi) is 8.47. The highest BCUT2D eigenvalue weighted by molar-refractivity contribution is 5.96. The molecule has 0 aromatic heterocycles. The van der Waals surface area contributed by atoms with Gasteiger partial charge in [0.2, 0.25) is 5.91 Å². The summed E-state index contributed by atoms with van der Waals surface area (Å²) in [5.41, 5.74) is 6.31. The number of nitro benzene ring substituents is 1. The number of piperidine rings is 1. The van der Waals surface area contributed by atoms with Crippen LogP contribution in [-0.4, -0.2) is 47.3 Å². The molecular formula is C17H25ClN4O4. The quantitative estimate of drug-likeness (QED) is 0.572. The zero-order chi connectivity index (χ0) is 18.4. The number of nitrogens with two attached hydrogens (primary N) is 1. The van der Waals surface area contributed by atoms with E-state index in [1.165, 1.54) is 12.1 Å². The Labute approximate surface area is 158 Å². The molecule has 3 N–H and O–H groups in total. The summed E-state index contributed by atoms with van der Waals surface area (Å²) in [5, 5.41) is 13.8. The van der Waals surface area contributed by atoms with Crippen molar-refractivity contribution in [2.75, 3.05) is 19.6 Å². The molecule has 0 aliphatic carbocycles. The molecule has 144 valence electrons. The Morgan fingerprint density at radius 3 is 2.77 bits per heavy atom. The number of likely N-dealkylation sites (tertiary alicyclic amines) is 1. The number of amides is 2. The van der Waals surface area contributed by atoms with Gasteiger partial charge in [0, 0.05) is 49.8 Å². The number of nitrogens with zero attached hydrogens (tertiary/aromatic N) is 2. The van der Waals surface area contributed by atoms with Crippen LogP contribution in [0, 0.1) is 17.0 Å². The molecule has 0 radical (unpaired) electrons. The molecule has 0 spiro atoms. The fourth-order valence-electron chi connectivity index (χ4n) is 3.04. The van der Waals surface area contributed by atoms with Gasteiger partial charge in [0.05, 0.1) is 4.92 Å². The third-order valence-electron chi connectivity index (χ3n) is 4.46. The minimum atomic E-state index is -0.503. The average Bonchev–Trinajstić information content (AvgIpc) is 2.60. The van der Waals surface area contributed by atoms with Gasteiger partial charge < -0.3 is 16.0 Å². The molecule has 8 nitrogen and oxygen atoms in total. The molecule has 1 heterocycles. The first-order valence-electron chi connectivity index (χ1n) is 8.46. The van der Waals surface area contributed by atoms with E-state index in [0.717, 1.165) is 19.3 Å². The summed E-state index contributed by atoms with van der Waals surface area (Å²) in [5.74, 6) is -0.356. The lowest BCUT2D eigenvalue weighted by molar-refractivity contribution is -0.384. The first-order chi connectivity index (χ1) is 11.9. The van der Waals surface area contributed by atoms with Gasteiger partial charge in [-0.2, -0.15) is 0 Å². The third kappa shape index (κ3) is 5.40. The highest BCUT2D eigenvalue weighted by Crippen LogP contribution is 2.23. The lowest BCUT2D eigenvalue weighted by atomic mass is 9.99. The Bertz CT molecular complexity index is 668. The van der Waals surface area contributed by atoms with Gasteiger partial charge in [-0.05, 0) is 31.7 Å². The van der Waals surface area contributed by atoms with Crippen LogP contribution in [0.25, 0.3) is 0 Å². The Hall–Kier alpha value is -2.19. The Morgan fingerprint density at radius 1 is 1.38 bits per heavy atom. The van der Waals surface area contributed by atoms with Crippen LogP contribution >= 0.6 is 12.4 Å². The topological polar surface area (TPSA) is 119 Å². The minimum absolute atomic E-state index is 0. The number of nitrogens with one attached hydrogen (secondary N) is 1. The number of hydrogen-bond donors (Lipinski definition) is 2. The maximum atomic E-state index is 12.9. The molecule has 26 heavy (non-hydrogen) atoms. The van der Waals surface area contributed by atoms with Gasteiger partial charge >= 0.3 is 0 Å². The van der Waals surface area contributed by atoms with E-state index < -0.39 is 4.92 Å². The van der Waals surface area contributed by atoms with Crippen LogP contribution in [-0.2, 0) is 4.79 Å². The molecule has 1 unspecified atom stereocenters. The summed E-state index contributed by atoms with van der Waals surface area (Å²) < 4.78 is 0. The maximum absolute atomic E-state index is 12.9. The Balaban J connectivity index is 0.00000338. The van der Waals surface area contributed by atoms with Gasteiger partial charge in [-0.1, -0.05) is 6.07 Å². The second-order valence-electron chi connectivity index (χ2n) is 6.25. The highest BCUT2D eigenvalue weighted by atomic mass is 35.5. The van der Waals surface area contributed by atoms with Crippen molar-refractivity contribution >= 4 is 29.9 Å². The number of rotatable bonds is 6. The molecule has 0 bridgehead atoms. The van der Waals surface area contributed by atoms with Gasteiger partial charge in [-0.3, -0.25) is 19.7 Å². The van der Waals surface area contributed by atoms with Crippen molar-refractivity contribution in [1.82, 2.24) is 10.2 Å². The van der Waals surface area contributed by atoms with E-state index in [2.05, 4.69) is 5.32 Å². The van der Waals surface area contributed by atoms with Crippen molar-refractivity contribution in [3.63, 3.8) is 0 Å². The first kappa shape index (κ1) is 21.9. The molecule has 1 saturated heterocycles. The lowest BCUT2D eigenvalue weighted by Crippen LogP contribution is -2.49. The van der Waals surface area contributed by atoms with Crippen molar-refractivity contribution in [2.24, 2.45) is 5.73 Å². The van der Waals surface area contributed by atoms with Crippen LogP contribution in [0.4, 0.5) is 5.69 Å². The van der Waals surface area contributed by atoms with Crippen molar-refractivity contribution in [1.29, 1.82) is 0 Å². The van der Waals surface area contributed by atoms with Gasteiger partial charge in [0.1, 0.15) is 0 Å². The zero-order valence-electron chi connectivity index (χ0n) is 14.8. The van der Waals surface area contributed by atoms with Crippen LogP contribution in [0.3, 0.4) is 0 Å². The fourth-order valence-corrected chi connectivity index (χ4v) is 3.04. The molecule has 9 heteroatoms. The molecule has 1 aliphatic heterocycles. The largest absolute Gasteiger partial charge is 0.354 e. The average molecular weight is 385 g/mol. The van der Waals surface area contributed by atoms with E-state index in [9.17, 15) is 19.7 Å². The normalized spacial score (nSPS) is 16.5. The van der Waals surface area contributed by atoms with E-state index in [4.69, 9.17) is 5.73 Å². The predicted molar refractivity (Wildman–Crippen MR) is 100 cm³/mol. The van der Waals surface area contributed by atoms with Gasteiger partial charge in [-0.15, -0.1) is 12.4 Å². The zero-order valence-corrected chi connectivity index (χ0v) is 15.6. The van der Waals surface area contributed by atoms with Crippen LogP contribution < -0.4 is 11.1 Å². The number of hydrogen-bond acceptors (Lipinski definition) is 5. The van der Waals surface area contributed by atoms with Crippen LogP contribution in [0.5, 0.6) is 0 Å². The number of carbonyl (C=O) groups excluding carboxylic acids is 2. The smallest absolute Gasteiger partial charge is 0.270 e. The molecular weight excluding hydrogens is 360 g/mol. The van der Waals surface area contributed by atoms with Crippen molar-refractivity contribution in [3.05, 3.63) is 39.4 Å². The van der Waals surface area contributed by atoms with E-state index in [-0.39, 0.29) is 48.9 Å². The molecule has 2 amide bonds. The molecule has 1 aromatic rings. The van der Waals surface area contributed by atoms with Crippen LogP contribution in [0.1, 0.15) is 41.6 Å². The summed E-state index contributed by atoms with van der Waals surface area (Å²) in [6.07, 6.45) is 2.91. The summed E-state index contributed by atoms with van der Waals surface area (Å²) in [6, 6.07) is 4.21. The van der Waals surface area contributed by atoms with Gasteiger partial charge in [0.25, 0.3) is 11.6 Å². The first-order valence-corrected chi connectivity index (χ1v) is 8.46. The molecule has 1 atom stereocenters.